The molecule has 2 aromatic rings. The number of methoxy groups -OCH3 is 1. The van der Waals surface area contributed by atoms with Gasteiger partial charge in [-0.05, 0) is 32.0 Å². The minimum atomic E-state index is -0.258. The van der Waals surface area contributed by atoms with Crippen LogP contribution in [-0.4, -0.2) is 19.1 Å². The molecule has 23 heavy (non-hydrogen) atoms. The summed E-state index contributed by atoms with van der Waals surface area (Å²) in [6.45, 7) is 3.91. The number of para-hydroxylation sites is 2. The first-order valence-electron chi connectivity index (χ1n) is 7.56. The van der Waals surface area contributed by atoms with Gasteiger partial charge in [0.2, 0.25) is 0 Å². The second-order valence-electron chi connectivity index (χ2n) is 5.48. The van der Waals surface area contributed by atoms with Crippen LogP contribution in [0.1, 0.15) is 25.5 Å². The number of carbonyl (C=O) groups excluding carboxylic acids is 1. The zero-order valence-corrected chi connectivity index (χ0v) is 14.3. The molecule has 3 N–H and O–H groups in total. The number of nitrogens with two attached hydrogens (primary N) is 1. The van der Waals surface area contributed by atoms with E-state index in [4.69, 9.17) is 16.3 Å². The Bertz CT molecular complexity index is 676. The topological polar surface area (TPSA) is 54.9 Å². The second kappa shape index (κ2) is 7.99. The normalized spacial score (nSPS) is 13.2. The van der Waals surface area contributed by atoms with E-state index < -0.39 is 0 Å². The second-order valence-corrected chi connectivity index (χ2v) is 5.89. The molecule has 0 aliphatic carbocycles. The van der Waals surface area contributed by atoms with E-state index in [2.05, 4.69) is 5.32 Å². The van der Waals surface area contributed by atoms with Crippen LogP contribution in [0.5, 0.6) is 5.75 Å². The van der Waals surface area contributed by atoms with Gasteiger partial charge in [0.25, 0.3) is 5.91 Å². The summed E-state index contributed by atoms with van der Waals surface area (Å²) in [4.78, 5) is 12.4. The smallest absolute Gasteiger partial charge is 0.282 e. The molecular weight excluding hydrogens is 312 g/mol. The molecule has 0 aliphatic rings. The van der Waals surface area contributed by atoms with Crippen LogP contribution in [0.3, 0.4) is 0 Å². The van der Waals surface area contributed by atoms with E-state index in [0.29, 0.717) is 16.5 Å². The van der Waals surface area contributed by atoms with Crippen molar-refractivity contribution < 1.29 is 14.8 Å². The van der Waals surface area contributed by atoms with Gasteiger partial charge in [0.1, 0.15) is 11.8 Å². The van der Waals surface area contributed by atoms with Crippen LogP contribution >= 0.6 is 11.6 Å². The Morgan fingerprint density at radius 2 is 1.78 bits per heavy atom. The first-order valence-corrected chi connectivity index (χ1v) is 7.94. The summed E-state index contributed by atoms with van der Waals surface area (Å²) in [6, 6.07) is 14.9. The van der Waals surface area contributed by atoms with E-state index in [1.807, 2.05) is 67.7 Å². The molecule has 0 unspecified atom stereocenters. The summed E-state index contributed by atoms with van der Waals surface area (Å²) in [7, 11) is 1.58. The lowest BCUT2D eigenvalue weighted by atomic mass is 10.1. The molecule has 0 fully saturated rings. The van der Waals surface area contributed by atoms with Crippen molar-refractivity contribution in [3.63, 3.8) is 0 Å². The van der Waals surface area contributed by atoms with Crippen molar-refractivity contribution in [2.75, 3.05) is 12.4 Å². The number of ether oxygens (including phenoxy) is 1. The third kappa shape index (κ3) is 4.47. The van der Waals surface area contributed by atoms with Gasteiger partial charge in [-0.2, -0.15) is 0 Å². The predicted octanol–water partition coefficient (Wildman–Crippen LogP) is 3.00. The molecular formula is C18H22ClN2O2+. The fourth-order valence-electron chi connectivity index (χ4n) is 2.46. The lowest BCUT2D eigenvalue weighted by Crippen LogP contribution is -2.91. The highest BCUT2D eigenvalue weighted by atomic mass is 35.5. The van der Waals surface area contributed by atoms with E-state index >= 15 is 0 Å². The fourth-order valence-corrected chi connectivity index (χ4v) is 2.77. The first kappa shape index (κ1) is 17.3. The largest absolute Gasteiger partial charge is 0.495 e. The number of carbonyl (C=O) groups is 1. The summed E-state index contributed by atoms with van der Waals surface area (Å²) in [5.74, 6) is 0.570. The van der Waals surface area contributed by atoms with Gasteiger partial charge >= 0.3 is 0 Å². The monoisotopic (exact) mass is 333 g/mol. The zero-order valence-electron chi connectivity index (χ0n) is 13.5. The molecule has 0 aromatic heterocycles. The number of amides is 1. The van der Waals surface area contributed by atoms with Crippen molar-refractivity contribution in [3.8, 4) is 5.75 Å². The van der Waals surface area contributed by atoms with Crippen molar-refractivity contribution in [2.45, 2.75) is 25.9 Å². The summed E-state index contributed by atoms with van der Waals surface area (Å²) < 4.78 is 5.25. The molecule has 0 saturated carbocycles. The van der Waals surface area contributed by atoms with Crippen LogP contribution in [0.4, 0.5) is 5.69 Å². The summed E-state index contributed by atoms with van der Waals surface area (Å²) in [5.41, 5.74) is 1.69. The number of quaternary nitrogens is 1. The number of hydrogen-bond donors (Lipinski definition) is 2. The number of halogens is 1. The van der Waals surface area contributed by atoms with Gasteiger partial charge in [0, 0.05) is 10.6 Å². The van der Waals surface area contributed by atoms with Crippen LogP contribution in [0.25, 0.3) is 0 Å². The van der Waals surface area contributed by atoms with Gasteiger partial charge in [0.05, 0.1) is 12.8 Å². The van der Waals surface area contributed by atoms with Crippen LogP contribution in [0.2, 0.25) is 5.02 Å². The molecule has 0 bridgehead atoms. The van der Waals surface area contributed by atoms with Crippen LogP contribution in [-0.2, 0) is 4.79 Å². The maximum absolute atomic E-state index is 12.4. The van der Waals surface area contributed by atoms with Gasteiger partial charge in [-0.25, -0.2) is 0 Å². The minimum Gasteiger partial charge on any atom is -0.495 e. The van der Waals surface area contributed by atoms with E-state index in [-0.39, 0.29) is 18.0 Å². The number of nitrogens with one attached hydrogen (secondary N) is 1. The molecule has 5 heteroatoms. The molecule has 0 heterocycles. The number of rotatable bonds is 6. The van der Waals surface area contributed by atoms with E-state index in [1.165, 1.54) is 0 Å². The Kier molecular flexibility index (Phi) is 6.02. The molecule has 2 atom stereocenters. The van der Waals surface area contributed by atoms with Crippen molar-refractivity contribution in [1.82, 2.24) is 0 Å². The van der Waals surface area contributed by atoms with E-state index in [1.54, 1.807) is 7.11 Å². The standard InChI is InChI=1S/C18H21ClN2O2/c1-12(14-8-4-5-9-15(14)19)20-13(2)18(22)21-16-10-6-7-11-17(16)23-3/h4-13,20H,1-3H3,(H,21,22)/p+1/t12-,13-/m1/s1. The number of hydrogen-bond acceptors (Lipinski definition) is 2. The van der Waals surface area contributed by atoms with E-state index in [9.17, 15) is 4.79 Å². The average Bonchev–Trinajstić information content (AvgIpc) is 2.55. The highest BCUT2D eigenvalue weighted by molar-refractivity contribution is 6.31. The molecule has 122 valence electrons. The Labute approximate surface area is 141 Å². The third-order valence-electron chi connectivity index (χ3n) is 3.75. The Balaban J connectivity index is 2.01. The van der Waals surface area contributed by atoms with Gasteiger partial charge in [-0.1, -0.05) is 41.9 Å². The molecule has 0 saturated heterocycles. The lowest BCUT2D eigenvalue weighted by Gasteiger charge is -2.18. The Hall–Kier alpha value is -2.04. The van der Waals surface area contributed by atoms with Gasteiger partial charge in [0.15, 0.2) is 6.04 Å². The molecule has 2 rings (SSSR count). The molecule has 0 aliphatic heterocycles. The predicted molar refractivity (Wildman–Crippen MR) is 92.9 cm³/mol. The van der Waals surface area contributed by atoms with Crippen LogP contribution in [0, 0.1) is 0 Å². The average molecular weight is 334 g/mol. The molecule has 0 radical (unpaired) electrons. The molecule has 4 nitrogen and oxygen atoms in total. The summed E-state index contributed by atoms with van der Waals surface area (Å²) in [5, 5.41) is 5.61. The minimum absolute atomic E-state index is 0.0756. The SMILES string of the molecule is COc1ccccc1NC(=O)[C@@H](C)[NH2+][C@H](C)c1ccccc1Cl. The maximum atomic E-state index is 12.4. The Morgan fingerprint density at radius 3 is 2.48 bits per heavy atom. The highest BCUT2D eigenvalue weighted by Crippen LogP contribution is 2.23. The van der Waals surface area contributed by atoms with Crippen molar-refractivity contribution in [3.05, 3.63) is 59.1 Å². The van der Waals surface area contributed by atoms with Crippen molar-refractivity contribution in [1.29, 1.82) is 0 Å². The quantitative estimate of drug-likeness (QED) is 0.853. The van der Waals surface area contributed by atoms with Crippen LogP contribution in [0.15, 0.2) is 48.5 Å². The van der Waals surface area contributed by atoms with Crippen LogP contribution < -0.4 is 15.4 Å². The fraction of sp³-hybridized carbons (Fsp3) is 0.278. The molecule has 0 spiro atoms. The highest BCUT2D eigenvalue weighted by Gasteiger charge is 2.22. The lowest BCUT2D eigenvalue weighted by molar-refractivity contribution is -0.709. The summed E-state index contributed by atoms with van der Waals surface area (Å²) >= 11 is 6.21. The summed E-state index contributed by atoms with van der Waals surface area (Å²) in [6.07, 6.45) is 0. The molecule has 1 amide bonds. The Morgan fingerprint density at radius 1 is 1.13 bits per heavy atom. The third-order valence-corrected chi connectivity index (χ3v) is 4.10. The van der Waals surface area contributed by atoms with Gasteiger partial charge in [-0.15, -0.1) is 0 Å². The van der Waals surface area contributed by atoms with Gasteiger partial charge in [-0.3, -0.25) is 4.79 Å². The zero-order chi connectivity index (χ0) is 16.8. The van der Waals surface area contributed by atoms with Crippen molar-refractivity contribution >= 4 is 23.2 Å². The number of anilines is 1. The van der Waals surface area contributed by atoms with E-state index in [0.717, 1.165) is 5.56 Å². The molecule has 2 aromatic carbocycles. The van der Waals surface area contributed by atoms with Crippen molar-refractivity contribution in [2.24, 2.45) is 0 Å². The first-order chi connectivity index (χ1) is 11.0. The maximum Gasteiger partial charge on any atom is 0.282 e. The number of benzene rings is 2. The van der Waals surface area contributed by atoms with Gasteiger partial charge < -0.3 is 15.4 Å².